The Balaban J connectivity index is 1.64. The Morgan fingerprint density at radius 2 is 1.26 bits per heavy atom. The second kappa shape index (κ2) is 8.95. The van der Waals surface area contributed by atoms with Gasteiger partial charge in [-0.2, -0.15) is 0 Å². The summed E-state index contributed by atoms with van der Waals surface area (Å²) < 4.78 is 12.6. The molecule has 11 unspecified atom stereocenters. The van der Waals surface area contributed by atoms with E-state index >= 15 is 0 Å². The molecule has 0 aromatic rings. The van der Waals surface area contributed by atoms with E-state index in [1.807, 2.05) is 13.8 Å². The van der Waals surface area contributed by atoms with Crippen LogP contribution < -0.4 is 0 Å². The molecular formula is C34H56O5. The first-order valence-electron chi connectivity index (χ1n) is 15.9. The second-order valence-electron chi connectivity index (χ2n) is 16.9. The first-order chi connectivity index (χ1) is 17.8. The summed E-state index contributed by atoms with van der Waals surface area (Å²) in [5.41, 5.74) is -0.705. The van der Waals surface area contributed by atoms with Crippen molar-refractivity contribution in [2.24, 2.45) is 56.7 Å². The summed E-state index contributed by atoms with van der Waals surface area (Å²) in [5, 5.41) is 11.3. The Morgan fingerprint density at radius 1 is 0.744 bits per heavy atom. The molecule has 0 saturated heterocycles. The summed E-state index contributed by atoms with van der Waals surface area (Å²) in [6.07, 6.45) is 9.44. The number of fused-ring (bicyclic) bond motifs is 7. The van der Waals surface area contributed by atoms with Crippen LogP contribution in [0.15, 0.2) is 0 Å². The highest BCUT2D eigenvalue weighted by atomic mass is 16.5. The van der Waals surface area contributed by atoms with Crippen LogP contribution in [0.1, 0.15) is 127 Å². The number of ether oxygens (including phenoxy) is 2. The zero-order chi connectivity index (χ0) is 29.0. The molecule has 5 heteroatoms. The Bertz CT molecular complexity index is 1010. The van der Waals surface area contributed by atoms with E-state index in [9.17, 15) is 14.7 Å². The molecule has 5 saturated carbocycles. The van der Waals surface area contributed by atoms with Crippen molar-refractivity contribution >= 4 is 11.9 Å². The van der Waals surface area contributed by atoms with Crippen molar-refractivity contribution in [3.63, 3.8) is 0 Å². The third-order valence-electron chi connectivity index (χ3n) is 14.0. The fourth-order valence-corrected chi connectivity index (χ4v) is 13.0. The van der Waals surface area contributed by atoms with Crippen molar-refractivity contribution in [1.82, 2.24) is 0 Å². The van der Waals surface area contributed by atoms with E-state index in [1.54, 1.807) is 6.92 Å². The lowest BCUT2D eigenvalue weighted by atomic mass is 9.31. The van der Waals surface area contributed by atoms with Crippen LogP contribution in [0, 0.1) is 56.7 Å². The molecule has 0 aromatic heterocycles. The van der Waals surface area contributed by atoms with E-state index in [0.29, 0.717) is 17.8 Å². The van der Waals surface area contributed by atoms with Crippen LogP contribution in [-0.4, -0.2) is 34.9 Å². The SMILES string of the molecule is CC(=O)OC1CC2(C)C(CCC3C4(C)CCCC(C)(C)C4C(OC(C)=O)CC32C)C2(C)CCC(C(C)(C)O)C12. The predicted octanol–water partition coefficient (Wildman–Crippen LogP) is 7.33. The molecule has 5 nitrogen and oxygen atoms in total. The Labute approximate surface area is 237 Å². The quantitative estimate of drug-likeness (QED) is 0.377. The van der Waals surface area contributed by atoms with E-state index < -0.39 is 5.60 Å². The molecule has 5 rings (SSSR count). The van der Waals surface area contributed by atoms with Gasteiger partial charge in [-0.25, -0.2) is 0 Å². The minimum Gasteiger partial charge on any atom is -0.462 e. The molecule has 0 amide bonds. The molecule has 39 heavy (non-hydrogen) atoms. The molecule has 222 valence electrons. The summed E-state index contributed by atoms with van der Waals surface area (Å²) in [7, 11) is 0. The molecule has 5 aliphatic carbocycles. The summed E-state index contributed by atoms with van der Waals surface area (Å²) in [4.78, 5) is 25.1. The lowest BCUT2D eigenvalue weighted by Crippen LogP contribution is -2.70. The van der Waals surface area contributed by atoms with Crippen LogP contribution in [-0.2, 0) is 19.1 Å². The third kappa shape index (κ3) is 4.08. The van der Waals surface area contributed by atoms with Crippen LogP contribution in [0.4, 0.5) is 0 Å². The molecule has 0 aromatic carbocycles. The van der Waals surface area contributed by atoms with Crippen molar-refractivity contribution in [2.45, 2.75) is 145 Å². The minimum atomic E-state index is -0.810. The average Bonchev–Trinajstić information content (AvgIpc) is 3.11. The largest absolute Gasteiger partial charge is 0.462 e. The maximum absolute atomic E-state index is 12.5. The molecule has 0 heterocycles. The summed E-state index contributed by atoms with van der Waals surface area (Å²) >= 11 is 0. The predicted molar refractivity (Wildman–Crippen MR) is 153 cm³/mol. The maximum atomic E-state index is 12.5. The topological polar surface area (TPSA) is 72.8 Å². The highest BCUT2D eigenvalue weighted by Gasteiger charge is 2.74. The smallest absolute Gasteiger partial charge is 0.302 e. The number of esters is 2. The molecule has 5 fully saturated rings. The van der Waals surface area contributed by atoms with Crippen LogP contribution in [0.5, 0.6) is 0 Å². The minimum absolute atomic E-state index is 0.00766. The highest BCUT2D eigenvalue weighted by Crippen LogP contribution is 2.78. The number of rotatable bonds is 3. The van der Waals surface area contributed by atoms with Crippen molar-refractivity contribution < 1.29 is 24.2 Å². The van der Waals surface area contributed by atoms with Crippen molar-refractivity contribution in [2.75, 3.05) is 0 Å². The summed E-state index contributed by atoms with van der Waals surface area (Å²) in [5.74, 6) is 1.25. The van der Waals surface area contributed by atoms with Gasteiger partial charge in [0, 0.05) is 25.7 Å². The van der Waals surface area contributed by atoms with E-state index in [0.717, 1.165) is 25.7 Å². The number of aliphatic hydroxyl groups is 1. The summed E-state index contributed by atoms with van der Waals surface area (Å²) in [6, 6.07) is 0. The fraction of sp³-hybridized carbons (Fsp3) is 0.941. The molecule has 11 atom stereocenters. The number of hydrogen-bond donors (Lipinski definition) is 1. The van der Waals surface area contributed by atoms with Gasteiger partial charge in [0.05, 0.1) is 5.60 Å². The van der Waals surface area contributed by atoms with Gasteiger partial charge in [-0.3, -0.25) is 9.59 Å². The van der Waals surface area contributed by atoms with Crippen LogP contribution in [0.2, 0.25) is 0 Å². The zero-order valence-electron chi connectivity index (χ0n) is 26.5. The molecule has 0 radical (unpaired) electrons. The standard InChI is InChI=1S/C34H56O5/c1-20(35)38-23-18-33(9)25(31(7)17-14-22(27(23)31)30(5,6)37)12-13-26-32(8)16-11-15-29(3,4)28(32)24(39-21(2)36)19-34(26,33)10/h22-28,37H,11-19H2,1-10H3. The molecule has 0 aliphatic heterocycles. The van der Waals surface area contributed by atoms with Gasteiger partial charge in [0.25, 0.3) is 0 Å². The van der Waals surface area contributed by atoms with Crippen LogP contribution in [0.25, 0.3) is 0 Å². The monoisotopic (exact) mass is 544 g/mol. The van der Waals surface area contributed by atoms with E-state index in [4.69, 9.17) is 9.47 Å². The van der Waals surface area contributed by atoms with Gasteiger partial charge in [0.15, 0.2) is 0 Å². The molecule has 1 N–H and O–H groups in total. The van der Waals surface area contributed by atoms with Gasteiger partial charge in [0.1, 0.15) is 12.2 Å². The first kappa shape index (κ1) is 29.4. The van der Waals surface area contributed by atoms with E-state index in [-0.39, 0.29) is 63.1 Å². The van der Waals surface area contributed by atoms with Gasteiger partial charge in [-0.15, -0.1) is 0 Å². The Morgan fingerprint density at radius 3 is 1.79 bits per heavy atom. The van der Waals surface area contributed by atoms with Crippen molar-refractivity contribution in [3.05, 3.63) is 0 Å². The molecule has 5 aliphatic rings. The Hall–Kier alpha value is -1.10. The van der Waals surface area contributed by atoms with Gasteiger partial charge in [-0.05, 0) is 110 Å². The lowest BCUT2D eigenvalue weighted by Gasteiger charge is -2.74. The van der Waals surface area contributed by atoms with Crippen molar-refractivity contribution in [1.29, 1.82) is 0 Å². The number of carbonyl (C=O) groups is 2. The van der Waals surface area contributed by atoms with Gasteiger partial charge >= 0.3 is 11.9 Å². The molecule has 0 spiro atoms. The first-order valence-corrected chi connectivity index (χ1v) is 15.9. The van der Waals surface area contributed by atoms with Gasteiger partial charge < -0.3 is 14.6 Å². The second-order valence-corrected chi connectivity index (χ2v) is 16.9. The number of hydrogen-bond acceptors (Lipinski definition) is 5. The van der Waals surface area contributed by atoms with Crippen LogP contribution in [0.3, 0.4) is 0 Å². The third-order valence-corrected chi connectivity index (χ3v) is 14.0. The highest BCUT2D eigenvalue weighted by molar-refractivity contribution is 5.66. The average molecular weight is 545 g/mol. The lowest BCUT2D eigenvalue weighted by molar-refractivity contribution is -0.284. The zero-order valence-corrected chi connectivity index (χ0v) is 26.5. The Kier molecular flexibility index (Phi) is 6.74. The number of carbonyl (C=O) groups excluding carboxylic acids is 2. The fourth-order valence-electron chi connectivity index (χ4n) is 13.0. The normalized spacial score (nSPS) is 50.6. The van der Waals surface area contributed by atoms with Gasteiger partial charge in [-0.1, -0.05) is 48.0 Å². The van der Waals surface area contributed by atoms with Crippen LogP contribution >= 0.6 is 0 Å². The summed E-state index contributed by atoms with van der Waals surface area (Å²) in [6.45, 7) is 21.8. The maximum Gasteiger partial charge on any atom is 0.302 e. The van der Waals surface area contributed by atoms with E-state index in [2.05, 4.69) is 41.5 Å². The van der Waals surface area contributed by atoms with Crippen molar-refractivity contribution in [3.8, 4) is 0 Å². The molecular weight excluding hydrogens is 488 g/mol. The molecule has 0 bridgehead atoms. The van der Waals surface area contributed by atoms with Gasteiger partial charge in [0.2, 0.25) is 0 Å². The van der Waals surface area contributed by atoms with E-state index in [1.165, 1.54) is 39.0 Å².